The highest BCUT2D eigenvalue weighted by atomic mass is 35.5. The number of methoxy groups -OCH3 is 2. The third-order valence-electron chi connectivity index (χ3n) is 4.18. The number of hydrogen-bond donors (Lipinski definition) is 3. The summed E-state index contributed by atoms with van der Waals surface area (Å²) in [5, 5.41) is 16.4. The number of carbonyl (C=O) groups excluding carboxylic acids is 1. The van der Waals surface area contributed by atoms with E-state index in [9.17, 15) is 9.90 Å². The van der Waals surface area contributed by atoms with E-state index in [4.69, 9.17) is 25.8 Å². The zero-order chi connectivity index (χ0) is 22.0. The first-order valence-corrected chi connectivity index (χ1v) is 9.64. The van der Waals surface area contributed by atoms with Crippen LogP contribution in [0, 0.1) is 0 Å². The van der Waals surface area contributed by atoms with E-state index in [2.05, 4.69) is 10.6 Å². The van der Waals surface area contributed by atoms with Crippen LogP contribution in [0.5, 0.6) is 5.75 Å². The van der Waals surface area contributed by atoms with E-state index >= 15 is 0 Å². The predicted octanol–water partition coefficient (Wildman–Crippen LogP) is 3.90. The summed E-state index contributed by atoms with van der Waals surface area (Å²) in [7, 11) is 4.83. The quantitative estimate of drug-likeness (QED) is 0.388. The minimum atomic E-state index is -1.62. The van der Waals surface area contributed by atoms with E-state index in [0.717, 1.165) is 16.8 Å². The van der Waals surface area contributed by atoms with Crippen molar-refractivity contribution in [3.05, 3.63) is 46.5 Å². The lowest BCUT2D eigenvalue weighted by Gasteiger charge is -2.30. The second-order valence-corrected chi connectivity index (χ2v) is 7.01. The first-order chi connectivity index (χ1) is 13.7. The SMILES string of the molecule is CCOC(=O)N[C@@](C)(O)[C@@H](/C=C/C=C(\C)Cc1cc(NC)c(Cl)c(OC)c1)OC. The standard InChI is InChI=1S/C21H31ClN2O5/c1-7-29-20(25)24-21(3,26)18(28-6)10-8-9-14(2)11-15-12-16(23-4)19(22)17(13-15)27-5/h8-10,12-13,18,23,26H,7,11H2,1-6H3,(H,24,25)/b10-8+,14-9+/t18-,21+/m1/s1. The number of halogens is 1. The molecule has 3 N–H and O–H groups in total. The van der Waals surface area contributed by atoms with E-state index in [0.29, 0.717) is 17.2 Å². The van der Waals surface area contributed by atoms with Gasteiger partial charge in [0.15, 0.2) is 5.72 Å². The molecule has 0 aromatic heterocycles. The monoisotopic (exact) mass is 426 g/mol. The number of hydrogen-bond acceptors (Lipinski definition) is 6. The smallest absolute Gasteiger partial charge is 0.409 e. The third-order valence-corrected chi connectivity index (χ3v) is 4.57. The summed E-state index contributed by atoms with van der Waals surface area (Å²) in [6.07, 6.45) is 4.56. The zero-order valence-corrected chi connectivity index (χ0v) is 18.6. The van der Waals surface area contributed by atoms with Crippen LogP contribution in [0.4, 0.5) is 10.5 Å². The van der Waals surface area contributed by atoms with Gasteiger partial charge in [0.2, 0.25) is 0 Å². The molecule has 0 spiro atoms. The fraction of sp³-hybridized carbons (Fsp3) is 0.476. The molecule has 1 aromatic carbocycles. The number of anilines is 1. The van der Waals surface area contributed by atoms with Gasteiger partial charge in [-0.3, -0.25) is 5.32 Å². The van der Waals surface area contributed by atoms with Gasteiger partial charge >= 0.3 is 6.09 Å². The lowest BCUT2D eigenvalue weighted by molar-refractivity contribution is -0.0765. The summed E-state index contributed by atoms with van der Waals surface area (Å²) in [6, 6.07) is 3.87. The predicted molar refractivity (Wildman–Crippen MR) is 116 cm³/mol. The second kappa shape index (κ2) is 11.7. The van der Waals surface area contributed by atoms with Crippen molar-refractivity contribution in [2.75, 3.05) is 33.2 Å². The lowest BCUT2D eigenvalue weighted by Crippen LogP contribution is -2.54. The van der Waals surface area contributed by atoms with Crippen LogP contribution in [0.1, 0.15) is 26.3 Å². The Bertz CT molecular complexity index is 722. The molecule has 1 rings (SSSR count). The van der Waals surface area contributed by atoms with Crippen molar-refractivity contribution in [1.82, 2.24) is 5.32 Å². The molecule has 0 fully saturated rings. The van der Waals surface area contributed by atoms with Gasteiger partial charge in [-0.15, -0.1) is 0 Å². The van der Waals surface area contributed by atoms with E-state index in [1.54, 1.807) is 33.2 Å². The second-order valence-electron chi connectivity index (χ2n) is 6.63. The van der Waals surface area contributed by atoms with Crippen LogP contribution in [0.2, 0.25) is 5.02 Å². The summed E-state index contributed by atoms with van der Waals surface area (Å²) in [6.45, 7) is 5.33. The molecule has 8 heteroatoms. The number of aliphatic hydroxyl groups is 1. The van der Waals surface area contributed by atoms with E-state index in [1.807, 2.05) is 25.1 Å². The number of rotatable bonds is 10. The van der Waals surface area contributed by atoms with Crippen LogP contribution < -0.4 is 15.4 Å². The molecule has 1 amide bonds. The summed E-state index contributed by atoms with van der Waals surface area (Å²) in [5.74, 6) is 0.609. The lowest BCUT2D eigenvalue weighted by atomic mass is 10.0. The topological polar surface area (TPSA) is 89.1 Å². The van der Waals surface area contributed by atoms with Crippen molar-refractivity contribution in [3.8, 4) is 5.75 Å². The van der Waals surface area contributed by atoms with Crippen LogP contribution >= 0.6 is 11.6 Å². The van der Waals surface area contributed by atoms with Crippen LogP contribution in [0.3, 0.4) is 0 Å². The molecule has 0 aliphatic heterocycles. The van der Waals surface area contributed by atoms with Gasteiger partial charge in [0.05, 0.1) is 19.4 Å². The summed E-state index contributed by atoms with van der Waals surface area (Å²) in [5.41, 5.74) is 1.28. The number of benzene rings is 1. The van der Waals surface area contributed by atoms with Gasteiger partial charge < -0.3 is 24.6 Å². The fourth-order valence-corrected chi connectivity index (χ4v) is 3.01. The molecule has 7 nitrogen and oxygen atoms in total. The van der Waals surface area contributed by atoms with Gasteiger partial charge in [-0.25, -0.2) is 4.79 Å². The fourth-order valence-electron chi connectivity index (χ4n) is 2.73. The minimum absolute atomic E-state index is 0.210. The molecule has 0 radical (unpaired) electrons. The number of allylic oxidation sites excluding steroid dienone is 3. The highest BCUT2D eigenvalue weighted by molar-refractivity contribution is 6.34. The highest BCUT2D eigenvalue weighted by Crippen LogP contribution is 2.34. The first kappa shape index (κ1) is 24.8. The Labute approximate surface area is 177 Å². The van der Waals surface area contributed by atoms with Crippen LogP contribution in [0.15, 0.2) is 35.9 Å². The van der Waals surface area contributed by atoms with Gasteiger partial charge in [0.1, 0.15) is 16.9 Å². The van der Waals surface area contributed by atoms with E-state index in [-0.39, 0.29) is 6.61 Å². The van der Waals surface area contributed by atoms with Crippen LogP contribution in [-0.2, 0) is 15.9 Å². The molecule has 1 aromatic rings. The summed E-state index contributed by atoms with van der Waals surface area (Å²) in [4.78, 5) is 11.6. The van der Waals surface area contributed by atoms with Crippen LogP contribution in [0.25, 0.3) is 0 Å². The Morgan fingerprint density at radius 2 is 2.07 bits per heavy atom. The normalized spacial score (nSPS) is 15.0. The van der Waals surface area contributed by atoms with Crippen molar-refractivity contribution in [2.24, 2.45) is 0 Å². The van der Waals surface area contributed by atoms with Gasteiger partial charge in [0.25, 0.3) is 0 Å². The third kappa shape index (κ3) is 7.61. The molecular weight excluding hydrogens is 396 g/mol. The summed E-state index contributed by atoms with van der Waals surface area (Å²) < 4.78 is 15.4. The number of amides is 1. The maximum Gasteiger partial charge on any atom is 0.409 e. The highest BCUT2D eigenvalue weighted by Gasteiger charge is 2.32. The molecule has 0 saturated heterocycles. The average Bonchev–Trinajstić information content (AvgIpc) is 2.65. The summed E-state index contributed by atoms with van der Waals surface area (Å²) >= 11 is 6.26. The van der Waals surface area contributed by atoms with Crippen molar-refractivity contribution in [1.29, 1.82) is 0 Å². The molecule has 29 heavy (non-hydrogen) atoms. The number of carbonyl (C=O) groups is 1. The molecule has 0 aliphatic rings. The molecule has 162 valence electrons. The molecule has 0 bridgehead atoms. The van der Waals surface area contributed by atoms with Crippen molar-refractivity contribution >= 4 is 23.4 Å². The molecule has 2 atom stereocenters. The molecule has 0 saturated carbocycles. The maximum atomic E-state index is 11.6. The minimum Gasteiger partial charge on any atom is -0.495 e. The van der Waals surface area contributed by atoms with Gasteiger partial charge in [-0.1, -0.05) is 35.4 Å². The van der Waals surface area contributed by atoms with Crippen LogP contribution in [-0.4, -0.2) is 50.9 Å². The van der Waals surface area contributed by atoms with E-state index < -0.39 is 17.9 Å². The van der Waals surface area contributed by atoms with Crippen molar-refractivity contribution in [2.45, 2.75) is 39.0 Å². The van der Waals surface area contributed by atoms with Gasteiger partial charge in [0, 0.05) is 14.2 Å². The number of nitrogens with one attached hydrogen (secondary N) is 2. The number of ether oxygens (including phenoxy) is 3. The number of alkyl carbamates (subject to hydrolysis) is 1. The van der Waals surface area contributed by atoms with Gasteiger partial charge in [-0.05, 0) is 44.9 Å². The molecule has 0 unspecified atom stereocenters. The zero-order valence-electron chi connectivity index (χ0n) is 17.8. The molecule has 0 aliphatic carbocycles. The molecular formula is C21H31ClN2O5. The average molecular weight is 427 g/mol. The van der Waals surface area contributed by atoms with Crippen molar-refractivity contribution in [3.63, 3.8) is 0 Å². The Morgan fingerprint density at radius 1 is 1.38 bits per heavy atom. The maximum absolute atomic E-state index is 11.6. The Balaban J connectivity index is 2.87. The van der Waals surface area contributed by atoms with E-state index in [1.165, 1.54) is 14.0 Å². The Hall–Kier alpha value is -2.22. The Morgan fingerprint density at radius 3 is 2.62 bits per heavy atom. The Kier molecular flexibility index (Phi) is 10.0. The largest absolute Gasteiger partial charge is 0.495 e. The van der Waals surface area contributed by atoms with Gasteiger partial charge in [-0.2, -0.15) is 0 Å². The molecule has 0 heterocycles. The first-order valence-electron chi connectivity index (χ1n) is 9.26. The van der Waals surface area contributed by atoms with Crippen molar-refractivity contribution < 1.29 is 24.1 Å².